The van der Waals surface area contributed by atoms with Crippen molar-refractivity contribution in [2.24, 2.45) is 0 Å². The van der Waals surface area contributed by atoms with Crippen molar-refractivity contribution < 1.29 is 9.47 Å². The van der Waals surface area contributed by atoms with Gasteiger partial charge in [0.05, 0.1) is 12.2 Å². The Kier molecular flexibility index (Phi) is 5.63. The fourth-order valence-electron chi connectivity index (χ4n) is 2.00. The second-order valence-corrected chi connectivity index (χ2v) is 4.98. The Morgan fingerprint density at radius 2 is 1.94 bits per heavy atom. The van der Waals surface area contributed by atoms with Crippen LogP contribution in [0.4, 0.5) is 0 Å². The monoisotopic (exact) mass is 251 g/mol. The first-order valence-electron chi connectivity index (χ1n) is 6.48. The lowest BCUT2D eigenvalue weighted by Crippen LogP contribution is -2.30. The van der Waals surface area contributed by atoms with E-state index in [0.29, 0.717) is 6.61 Å². The number of hydrogen-bond donors (Lipinski definition) is 1. The second kappa shape index (κ2) is 6.76. The van der Waals surface area contributed by atoms with Gasteiger partial charge in [-0.2, -0.15) is 0 Å². The summed E-state index contributed by atoms with van der Waals surface area (Å²) in [5.41, 5.74) is 1.03. The van der Waals surface area contributed by atoms with Gasteiger partial charge in [-0.05, 0) is 40.3 Å². The molecule has 0 aliphatic heterocycles. The molecule has 3 heteroatoms. The van der Waals surface area contributed by atoms with Crippen molar-refractivity contribution in [3.63, 3.8) is 0 Å². The molecule has 1 atom stereocenters. The van der Waals surface area contributed by atoms with Crippen LogP contribution >= 0.6 is 0 Å². The Bertz CT molecular complexity index is 363. The van der Waals surface area contributed by atoms with Crippen molar-refractivity contribution in [1.82, 2.24) is 5.32 Å². The average molecular weight is 251 g/mol. The van der Waals surface area contributed by atoms with Crippen LogP contribution in [0.2, 0.25) is 0 Å². The van der Waals surface area contributed by atoms with E-state index in [1.165, 1.54) is 5.56 Å². The fraction of sp³-hybridized carbons (Fsp3) is 0.600. The molecule has 1 rings (SSSR count). The minimum Gasteiger partial charge on any atom is -0.494 e. The second-order valence-electron chi connectivity index (χ2n) is 4.98. The molecule has 0 heterocycles. The van der Waals surface area contributed by atoms with Gasteiger partial charge in [-0.15, -0.1) is 0 Å². The third-order valence-corrected chi connectivity index (χ3v) is 3.19. The number of hydrogen-bond acceptors (Lipinski definition) is 3. The normalized spacial score (nSPS) is 13.4. The summed E-state index contributed by atoms with van der Waals surface area (Å²) in [6.07, 6.45) is 0.893. The lowest BCUT2D eigenvalue weighted by atomic mass is 9.93. The summed E-state index contributed by atoms with van der Waals surface area (Å²) >= 11 is 0. The van der Waals surface area contributed by atoms with Crippen LogP contribution in [0.25, 0.3) is 0 Å². The maximum Gasteiger partial charge on any atom is 0.124 e. The zero-order chi connectivity index (χ0) is 13.6. The maximum atomic E-state index is 5.69. The molecule has 0 saturated heterocycles. The lowest BCUT2D eigenvalue weighted by Gasteiger charge is -2.29. The fourth-order valence-corrected chi connectivity index (χ4v) is 2.00. The number of rotatable bonds is 7. The van der Waals surface area contributed by atoms with Crippen LogP contribution in [0.5, 0.6) is 5.75 Å². The Morgan fingerprint density at radius 1 is 1.28 bits per heavy atom. The number of ether oxygens (including phenoxy) is 2. The molecular weight excluding hydrogens is 226 g/mol. The molecule has 1 aromatic carbocycles. The number of para-hydroxylation sites is 1. The molecule has 0 spiro atoms. The molecule has 3 nitrogen and oxygen atoms in total. The molecule has 0 radical (unpaired) electrons. The molecule has 18 heavy (non-hydrogen) atoms. The van der Waals surface area contributed by atoms with Gasteiger partial charge in [0.15, 0.2) is 0 Å². The minimum absolute atomic E-state index is 0.160. The summed E-state index contributed by atoms with van der Waals surface area (Å²) in [6.45, 7) is 6.88. The Labute approximate surface area is 110 Å². The number of nitrogens with one attached hydrogen (secondary N) is 1. The van der Waals surface area contributed by atoms with Gasteiger partial charge in [-0.25, -0.2) is 0 Å². The van der Waals surface area contributed by atoms with E-state index < -0.39 is 0 Å². The predicted molar refractivity (Wildman–Crippen MR) is 75.1 cm³/mol. The van der Waals surface area contributed by atoms with Gasteiger partial charge in [0.2, 0.25) is 0 Å². The molecule has 1 N–H and O–H groups in total. The molecule has 0 bridgehead atoms. The molecule has 0 saturated carbocycles. The summed E-state index contributed by atoms with van der Waals surface area (Å²) in [7, 11) is 3.72. The highest BCUT2D eigenvalue weighted by molar-refractivity contribution is 5.36. The third-order valence-electron chi connectivity index (χ3n) is 3.19. The van der Waals surface area contributed by atoms with Crippen molar-refractivity contribution in [3.05, 3.63) is 29.8 Å². The standard InChI is InChI=1S/C15H25NO2/c1-6-18-14-10-8-7-9-12(14)13(16-4)11-15(2,3)17-5/h7-10,13,16H,6,11H2,1-5H3. The highest BCUT2D eigenvalue weighted by Crippen LogP contribution is 2.31. The lowest BCUT2D eigenvalue weighted by molar-refractivity contribution is 0.00726. The largest absolute Gasteiger partial charge is 0.494 e. The first-order valence-corrected chi connectivity index (χ1v) is 6.48. The van der Waals surface area contributed by atoms with Crippen LogP contribution in [0, 0.1) is 0 Å². The zero-order valence-electron chi connectivity index (χ0n) is 12.1. The maximum absolute atomic E-state index is 5.69. The molecule has 1 aromatic rings. The van der Waals surface area contributed by atoms with Crippen molar-refractivity contribution in [2.45, 2.75) is 38.8 Å². The average Bonchev–Trinajstić information content (AvgIpc) is 2.37. The number of methoxy groups -OCH3 is 1. The summed E-state index contributed by atoms with van der Waals surface area (Å²) in [6, 6.07) is 8.40. The smallest absolute Gasteiger partial charge is 0.124 e. The van der Waals surface area contributed by atoms with Crippen molar-refractivity contribution >= 4 is 0 Å². The van der Waals surface area contributed by atoms with Crippen LogP contribution < -0.4 is 10.1 Å². The molecule has 1 unspecified atom stereocenters. The minimum atomic E-state index is -0.160. The molecule has 0 aliphatic rings. The van der Waals surface area contributed by atoms with E-state index in [2.05, 4.69) is 25.2 Å². The van der Waals surface area contributed by atoms with E-state index >= 15 is 0 Å². The van der Waals surface area contributed by atoms with Gasteiger partial charge in [0.1, 0.15) is 5.75 Å². The van der Waals surface area contributed by atoms with Gasteiger partial charge in [0, 0.05) is 18.7 Å². The molecule has 0 aliphatic carbocycles. The molecule has 102 valence electrons. The van der Waals surface area contributed by atoms with Crippen LogP contribution in [0.15, 0.2) is 24.3 Å². The van der Waals surface area contributed by atoms with E-state index in [0.717, 1.165) is 12.2 Å². The number of benzene rings is 1. The Balaban J connectivity index is 2.94. The summed E-state index contributed by atoms with van der Waals surface area (Å²) in [4.78, 5) is 0. The van der Waals surface area contributed by atoms with E-state index in [1.54, 1.807) is 7.11 Å². The highest BCUT2D eigenvalue weighted by atomic mass is 16.5. The quantitative estimate of drug-likeness (QED) is 0.807. The van der Waals surface area contributed by atoms with Gasteiger partial charge in [0.25, 0.3) is 0 Å². The summed E-state index contributed by atoms with van der Waals surface area (Å²) in [5, 5.41) is 3.35. The van der Waals surface area contributed by atoms with Crippen LogP contribution in [-0.4, -0.2) is 26.4 Å². The van der Waals surface area contributed by atoms with Crippen LogP contribution in [-0.2, 0) is 4.74 Å². The Morgan fingerprint density at radius 3 is 2.50 bits per heavy atom. The zero-order valence-corrected chi connectivity index (χ0v) is 12.1. The van der Waals surface area contributed by atoms with Gasteiger partial charge < -0.3 is 14.8 Å². The van der Waals surface area contributed by atoms with Crippen molar-refractivity contribution in [3.8, 4) is 5.75 Å². The molecule has 0 fully saturated rings. The van der Waals surface area contributed by atoms with E-state index in [4.69, 9.17) is 9.47 Å². The van der Waals surface area contributed by atoms with Gasteiger partial charge in [-0.1, -0.05) is 18.2 Å². The first kappa shape index (κ1) is 15.0. The summed E-state index contributed by atoms with van der Waals surface area (Å²) in [5.74, 6) is 0.950. The highest BCUT2D eigenvalue weighted by Gasteiger charge is 2.24. The van der Waals surface area contributed by atoms with Gasteiger partial charge in [-0.3, -0.25) is 0 Å². The van der Waals surface area contributed by atoms with E-state index in [9.17, 15) is 0 Å². The SMILES string of the molecule is CCOc1ccccc1C(CC(C)(C)OC)NC. The third kappa shape index (κ3) is 4.00. The van der Waals surface area contributed by atoms with E-state index in [1.807, 2.05) is 32.2 Å². The summed E-state index contributed by atoms with van der Waals surface area (Å²) < 4.78 is 11.2. The van der Waals surface area contributed by atoms with Crippen LogP contribution in [0.3, 0.4) is 0 Å². The Hall–Kier alpha value is -1.06. The van der Waals surface area contributed by atoms with E-state index in [-0.39, 0.29) is 11.6 Å². The molecule has 0 amide bonds. The van der Waals surface area contributed by atoms with Crippen LogP contribution in [0.1, 0.15) is 38.8 Å². The predicted octanol–water partition coefficient (Wildman–Crippen LogP) is 3.16. The topological polar surface area (TPSA) is 30.5 Å². The van der Waals surface area contributed by atoms with Crippen molar-refractivity contribution in [1.29, 1.82) is 0 Å². The van der Waals surface area contributed by atoms with Gasteiger partial charge >= 0.3 is 0 Å². The molecule has 0 aromatic heterocycles. The first-order chi connectivity index (χ1) is 8.54. The van der Waals surface area contributed by atoms with Crippen molar-refractivity contribution in [2.75, 3.05) is 20.8 Å². The molecular formula is C15H25NO2.